The fourth-order valence-electron chi connectivity index (χ4n) is 3.65. The Morgan fingerprint density at radius 1 is 1.21 bits per heavy atom. The third-order valence-electron chi connectivity index (χ3n) is 4.76. The van der Waals surface area contributed by atoms with Crippen LogP contribution in [0.15, 0.2) is 22.7 Å². The second kappa shape index (κ2) is 5.94. The van der Waals surface area contributed by atoms with Gasteiger partial charge in [0.2, 0.25) is 0 Å². The van der Waals surface area contributed by atoms with E-state index in [1.165, 1.54) is 55.2 Å². The molecule has 1 heterocycles. The molecule has 3 heteroatoms. The first-order valence-electron chi connectivity index (χ1n) is 7.46. The van der Waals surface area contributed by atoms with E-state index in [0.29, 0.717) is 6.04 Å². The van der Waals surface area contributed by atoms with Crippen LogP contribution in [0.5, 0.6) is 0 Å². The topological polar surface area (TPSA) is 15.3 Å². The van der Waals surface area contributed by atoms with Gasteiger partial charge in [-0.2, -0.15) is 0 Å². The fraction of sp³-hybridized carbons (Fsp3) is 0.625. The number of hydrogen-bond donors (Lipinski definition) is 1. The van der Waals surface area contributed by atoms with Gasteiger partial charge in [0.15, 0.2) is 0 Å². The van der Waals surface area contributed by atoms with Crippen molar-refractivity contribution in [2.75, 3.05) is 20.1 Å². The monoisotopic (exact) mass is 322 g/mol. The Balaban J connectivity index is 1.76. The molecule has 2 atom stereocenters. The zero-order chi connectivity index (χ0) is 13.2. The van der Waals surface area contributed by atoms with Crippen LogP contribution in [0.4, 0.5) is 0 Å². The van der Waals surface area contributed by atoms with Crippen LogP contribution in [0, 0.1) is 0 Å². The number of benzene rings is 1. The third-order valence-corrected chi connectivity index (χ3v) is 5.26. The molecule has 1 saturated heterocycles. The summed E-state index contributed by atoms with van der Waals surface area (Å²) < 4.78 is 1.22. The Morgan fingerprint density at radius 2 is 2.11 bits per heavy atom. The molecule has 1 fully saturated rings. The van der Waals surface area contributed by atoms with Crippen molar-refractivity contribution in [1.82, 2.24) is 10.2 Å². The predicted octanol–water partition coefficient (Wildman–Crippen LogP) is 3.51. The highest BCUT2D eigenvalue weighted by Gasteiger charge is 2.30. The highest BCUT2D eigenvalue weighted by atomic mass is 79.9. The van der Waals surface area contributed by atoms with Crippen molar-refractivity contribution in [3.8, 4) is 0 Å². The van der Waals surface area contributed by atoms with E-state index in [2.05, 4.69) is 51.4 Å². The van der Waals surface area contributed by atoms with Gasteiger partial charge in [0, 0.05) is 16.6 Å². The van der Waals surface area contributed by atoms with Crippen LogP contribution in [-0.2, 0) is 6.42 Å². The van der Waals surface area contributed by atoms with Crippen molar-refractivity contribution >= 4 is 15.9 Å². The Labute approximate surface area is 124 Å². The molecule has 2 aliphatic rings. The summed E-state index contributed by atoms with van der Waals surface area (Å²) >= 11 is 3.59. The average Bonchev–Trinajstić information content (AvgIpc) is 2.64. The van der Waals surface area contributed by atoms with Crippen LogP contribution in [0.3, 0.4) is 0 Å². The number of halogens is 1. The summed E-state index contributed by atoms with van der Waals surface area (Å²) in [6.45, 7) is 2.37. The van der Waals surface area contributed by atoms with Gasteiger partial charge in [-0.1, -0.05) is 22.0 Å². The molecular weight excluding hydrogens is 300 g/mol. The van der Waals surface area contributed by atoms with E-state index in [9.17, 15) is 0 Å². The largest absolute Gasteiger partial charge is 0.317 e. The molecule has 104 valence electrons. The fourth-order valence-corrected chi connectivity index (χ4v) is 4.06. The van der Waals surface area contributed by atoms with Gasteiger partial charge in [-0.05, 0) is 75.5 Å². The second-order valence-electron chi connectivity index (χ2n) is 5.90. The van der Waals surface area contributed by atoms with Crippen LogP contribution < -0.4 is 5.32 Å². The molecule has 2 nitrogen and oxygen atoms in total. The first-order chi connectivity index (χ1) is 9.25. The lowest BCUT2D eigenvalue weighted by Crippen LogP contribution is -2.35. The van der Waals surface area contributed by atoms with Crippen molar-refractivity contribution in [3.05, 3.63) is 33.8 Å². The summed E-state index contributed by atoms with van der Waals surface area (Å²) in [5.41, 5.74) is 3.10. The van der Waals surface area contributed by atoms with E-state index in [0.717, 1.165) is 6.04 Å². The number of fused-ring (bicyclic) bond motifs is 1. The van der Waals surface area contributed by atoms with Crippen molar-refractivity contribution in [1.29, 1.82) is 0 Å². The molecule has 19 heavy (non-hydrogen) atoms. The van der Waals surface area contributed by atoms with Crippen molar-refractivity contribution in [3.63, 3.8) is 0 Å². The number of nitrogens with zero attached hydrogens (tertiary/aromatic N) is 1. The second-order valence-corrected chi connectivity index (χ2v) is 6.81. The predicted molar refractivity (Wildman–Crippen MR) is 83.5 cm³/mol. The molecule has 0 spiro atoms. The zero-order valence-electron chi connectivity index (χ0n) is 11.7. The summed E-state index contributed by atoms with van der Waals surface area (Å²) in [4.78, 5) is 2.65. The number of rotatable bonds is 2. The van der Waals surface area contributed by atoms with Gasteiger partial charge in [-0.3, -0.25) is 4.90 Å². The summed E-state index contributed by atoms with van der Waals surface area (Å²) in [6, 6.07) is 8.20. The van der Waals surface area contributed by atoms with Crippen LogP contribution >= 0.6 is 15.9 Å². The maximum absolute atomic E-state index is 3.59. The van der Waals surface area contributed by atoms with Gasteiger partial charge in [0.25, 0.3) is 0 Å². The smallest absolute Gasteiger partial charge is 0.0353 e. The molecule has 3 rings (SSSR count). The molecule has 0 amide bonds. The molecule has 1 aromatic rings. The first-order valence-corrected chi connectivity index (χ1v) is 8.26. The van der Waals surface area contributed by atoms with Gasteiger partial charge in [0.1, 0.15) is 0 Å². The van der Waals surface area contributed by atoms with Crippen LogP contribution in [0.25, 0.3) is 0 Å². The minimum absolute atomic E-state index is 0.631. The van der Waals surface area contributed by atoms with Gasteiger partial charge < -0.3 is 5.32 Å². The van der Waals surface area contributed by atoms with E-state index in [1.807, 2.05) is 0 Å². The summed E-state index contributed by atoms with van der Waals surface area (Å²) in [5, 5.41) is 3.52. The number of nitrogens with one attached hydrogen (secondary N) is 1. The minimum atomic E-state index is 0.631. The SMILES string of the molecule is CN(C1CCCNCC1)C1CCc2cc(Br)ccc21. The minimum Gasteiger partial charge on any atom is -0.317 e. The average molecular weight is 323 g/mol. The van der Waals surface area contributed by atoms with Gasteiger partial charge >= 0.3 is 0 Å². The van der Waals surface area contributed by atoms with E-state index < -0.39 is 0 Å². The molecule has 1 aliphatic carbocycles. The Hall–Kier alpha value is -0.380. The van der Waals surface area contributed by atoms with E-state index in [-0.39, 0.29) is 0 Å². The molecule has 1 aliphatic heterocycles. The van der Waals surface area contributed by atoms with Crippen molar-refractivity contribution in [2.45, 2.75) is 44.2 Å². The first kappa shape index (κ1) is 13.6. The van der Waals surface area contributed by atoms with Crippen molar-refractivity contribution in [2.24, 2.45) is 0 Å². The highest BCUT2D eigenvalue weighted by Crippen LogP contribution is 2.38. The van der Waals surface area contributed by atoms with E-state index >= 15 is 0 Å². The van der Waals surface area contributed by atoms with Gasteiger partial charge in [-0.15, -0.1) is 0 Å². The zero-order valence-corrected chi connectivity index (χ0v) is 13.2. The Morgan fingerprint density at radius 3 is 3.00 bits per heavy atom. The summed E-state index contributed by atoms with van der Waals surface area (Å²) in [6.07, 6.45) is 6.46. The van der Waals surface area contributed by atoms with Crippen LogP contribution in [0.1, 0.15) is 42.9 Å². The molecule has 2 unspecified atom stereocenters. The lowest BCUT2D eigenvalue weighted by Gasteiger charge is -2.33. The quantitative estimate of drug-likeness (QED) is 0.896. The molecule has 0 radical (unpaired) electrons. The van der Waals surface area contributed by atoms with Crippen LogP contribution in [0.2, 0.25) is 0 Å². The summed E-state index contributed by atoms with van der Waals surface area (Å²) in [7, 11) is 2.33. The molecule has 1 aromatic carbocycles. The number of hydrogen-bond acceptors (Lipinski definition) is 2. The molecule has 0 bridgehead atoms. The van der Waals surface area contributed by atoms with Gasteiger partial charge in [-0.25, -0.2) is 0 Å². The molecule has 0 aromatic heterocycles. The van der Waals surface area contributed by atoms with E-state index in [1.54, 1.807) is 5.56 Å². The van der Waals surface area contributed by atoms with Gasteiger partial charge in [0.05, 0.1) is 0 Å². The molecular formula is C16H23BrN2. The lowest BCUT2D eigenvalue weighted by molar-refractivity contribution is 0.160. The van der Waals surface area contributed by atoms with E-state index in [4.69, 9.17) is 0 Å². The maximum Gasteiger partial charge on any atom is 0.0353 e. The highest BCUT2D eigenvalue weighted by molar-refractivity contribution is 9.10. The van der Waals surface area contributed by atoms with Crippen LogP contribution in [-0.4, -0.2) is 31.1 Å². The molecule has 1 N–H and O–H groups in total. The Bertz CT molecular complexity index is 438. The Kier molecular flexibility index (Phi) is 4.25. The van der Waals surface area contributed by atoms with Crippen molar-refractivity contribution < 1.29 is 0 Å². The normalized spacial score (nSPS) is 27.3. The molecule has 0 saturated carbocycles. The summed E-state index contributed by atoms with van der Waals surface area (Å²) in [5.74, 6) is 0. The number of aryl methyl sites for hydroxylation is 1. The third kappa shape index (κ3) is 2.88. The standard InChI is InChI=1S/C16H23BrN2/c1-19(14-3-2-9-18-10-8-14)16-7-4-12-11-13(17)5-6-15(12)16/h5-6,11,14,16,18H,2-4,7-10H2,1H3. The maximum atomic E-state index is 3.59. The lowest BCUT2D eigenvalue weighted by atomic mass is 10.0.